The summed E-state index contributed by atoms with van der Waals surface area (Å²) in [6, 6.07) is 7.76. The highest BCUT2D eigenvalue weighted by Crippen LogP contribution is 2.21. The molecule has 0 saturated carbocycles. The van der Waals surface area contributed by atoms with Crippen molar-refractivity contribution in [2.45, 2.75) is 6.92 Å². The lowest BCUT2D eigenvalue weighted by Crippen LogP contribution is -1.98. The molecule has 0 unspecified atom stereocenters. The molecule has 0 aliphatic rings. The number of carbonyl (C=O) groups is 1. The van der Waals surface area contributed by atoms with Gasteiger partial charge in [-0.3, -0.25) is 0 Å². The fraction of sp³-hybridized carbons (Fsp3) is 0.154. The maximum absolute atomic E-state index is 11.2. The number of esters is 1. The molecule has 0 fully saturated rings. The molecule has 0 radical (unpaired) electrons. The minimum atomic E-state index is -0.329. The van der Waals surface area contributed by atoms with Crippen LogP contribution in [0.15, 0.2) is 33.7 Å². The van der Waals surface area contributed by atoms with E-state index in [1.54, 1.807) is 13.0 Å². The minimum absolute atomic E-state index is 0.329. The van der Waals surface area contributed by atoms with Crippen LogP contribution in [-0.4, -0.2) is 12.6 Å². The first-order valence-electron chi connectivity index (χ1n) is 5.10. The fourth-order valence-electron chi connectivity index (χ4n) is 1.26. The van der Waals surface area contributed by atoms with Gasteiger partial charge in [0, 0.05) is 6.08 Å². The number of rotatable bonds is 4. The van der Waals surface area contributed by atoms with Crippen molar-refractivity contribution < 1.29 is 9.53 Å². The van der Waals surface area contributed by atoms with E-state index in [2.05, 4.69) is 31.9 Å². The molecule has 0 heterocycles. The molecule has 0 spiro atoms. The molecule has 0 N–H and O–H groups in total. The van der Waals surface area contributed by atoms with E-state index in [9.17, 15) is 4.79 Å². The molecule has 90 valence electrons. The quantitative estimate of drug-likeness (QED) is 0.590. The van der Waals surface area contributed by atoms with E-state index in [0.717, 1.165) is 14.5 Å². The minimum Gasteiger partial charge on any atom is -0.463 e. The summed E-state index contributed by atoms with van der Waals surface area (Å²) in [7, 11) is 0. The molecule has 0 aliphatic heterocycles. The van der Waals surface area contributed by atoms with Crippen molar-refractivity contribution in [3.05, 3.63) is 44.9 Å². The lowest BCUT2D eigenvalue weighted by molar-refractivity contribution is -0.137. The van der Waals surface area contributed by atoms with Crippen molar-refractivity contribution in [2.24, 2.45) is 0 Å². The van der Waals surface area contributed by atoms with Crippen molar-refractivity contribution in [2.75, 3.05) is 6.61 Å². The average Bonchev–Trinajstić information content (AvgIpc) is 2.27. The molecule has 0 amide bonds. The normalized spacial score (nSPS) is 10.3. The van der Waals surface area contributed by atoms with Crippen LogP contribution in [-0.2, 0) is 9.53 Å². The van der Waals surface area contributed by atoms with Crippen molar-refractivity contribution in [3.63, 3.8) is 0 Å². The first-order chi connectivity index (χ1) is 8.13. The van der Waals surface area contributed by atoms with Gasteiger partial charge in [0.05, 0.1) is 10.00 Å². The smallest absolute Gasteiger partial charge is 0.330 e. The molecular formula is C13H12Br2O2. The second kappa shape index (κ2) is 7.45. The first-order valence-corrected chi connectivity index (χ1v) is 6.68. The Kier molecular flexibility index (Phi) is 6.22. The van der Waals surface area contributed by atoms with Crippen molar-refractivity contribution in [3.8, 4) is 0 Å². The Bertz CT molecular complexity index is 446. The van der Waals surface area contributed by atoms with Crippen LogP contribution in [0.1, 0.15) is 18.1 Å². The van der Waals surface area contributed by atoms with E-state index in [4.69, 9.17) is 4.74 Å². The topological polar surface area (TPSA) is 26.3 Å². The van der Waals surface area contributed by atoms with Crippen LogP contribution in [0.4, 0.5) is 0 Å². The standard InChI is InChI=1S/C13H12Br2O2/c1-2-17-13(16)8-7-10-5-3-4-6-11(10)9-12(14)15/h3-9H,2H2,1H3/b8-7+. The zero-order valence-corrected chi connectivity index (χ0v) is 12.5. The number of carbonyl (C=O) groups excluding carboxylic acids is 1. The number of halogens is 2. The van der Waals surface area contributed by atoms with Crippen LogP contribution in [0, 0.1) is 0 Å². The van der Waals surface area contributed by atoms with Crippen molar-refractivity contribution >= 4 is 50.0 Å². The van der Waals surface area contributed by atoms with Gasteiger partial charge in [-0.15, -0.1) is 0 Å². The zero-order valence-electron chi connectivity index (χ0n) is 9.32. The first kappa shape index (κ1) is 14.2. The molecule has 1 aromatic rings. The molecule has 4 heteroatoms. The Labute approximate surface area is 118 Å². The van der Waals surface area contributed by atoms with Crippen molar-refractivity contribution in [1.29, 1.82) is 0 Å². The SMILES string of the molecule is CCOC(=O)/C=C/c1ccccc1C=C(Br)Br. The van der Waals surface area contributed by atoms with Gasteiger partial charge in [0.1, 0.15) is 0 Å². The Hall–Kier alpha value is -0.870. The van der Waals surface area contributed by atoms with Crippen LogP contribution in [0.25, 0.3) is 12.2 Å². The van der Waals surface area contributed by atoms with E-state index in [0.29, 0.717) is 6.61 Å². The van der Waals surface area contributed by atoms with Gasteiger partial charge in [-0.1, -0.05) is 24.3 Å². The number of hydrogen-bond acceptors (Lipinski definition) is 2. The molecule has 0 aliphatic carbocycles. The molecule has 1 aromatic carbocycles. The Morgan fingerprint density at radius 1 is 1.29 bits per heavy atom. The lowest BCUT2D eigenvalue weighted by atomic mass is 10.1. The van der Waals surface area contributed by atoms with Crippen LogP contribution in [0.2, 0.25) is 0 Å². The summed E-state index contributed by atoms with van der Waals surface area (Å²) in [6.45, 7) is 2.17. The van der Waals surface area contributed by atoms with E-state index >= 15 is 0 Å². The molecule has 2 nitrogen and oxygen atoms in total. The lowest BCUT2D eigenvalue weighted by Gasteiger charge is -2.00. The third kappa shape index (κ3) is 5.33. The summed E-state index contributed by atoms with van der Waals surface area (Å²) in [5.41, 5.74) is 1.97. The monoisotopic (exact) mass is 358 g/mol. The van der Waals surface area contributed by atoms with Gasteiger partial charge < -0.3 is 4.74 Å². The summed E-state index contributed by atoms with van der Waals surface area (Å²) in [5.74, 6) is -0.329. The second-order valence-corrected chi connectivity index (χ2v) is 5.92. The van der Waals surface area contributed by atoms with Gasteiger partial charge in [-0.05, 0) is 62.1 Å². The van der Waals surface area contributed by atoms with Crippen LogP contribution < -0.4 is 0 Å². The van der Waals surface area contributed by atoms with E-state index in [1.165, 1.54) is 6.08 Å². The molecule has 17 heavy (non-hydrogen) atoms. The highest BCUT2D eigenvalue weighted by Gasteiger charge is 1.98. The third-order valence-electron chi connectivity index (χ3n) is 1.95. The largest absolute Gasteiger partial charge is 0.463 e. The predicted molar refractivity (Wildman–Crippen MR) is 77.9 cm³/mol. The third-order valence-corrected chi connectivity index (χ3v) is 2.40. The Morgan fingerprint density at radius 2 is 1.94 bits per heavy atom. The molecular weight excluding hydrogens is 348 g/mol. The van der Waals surface area contributed by atoms with Crippen molar-refractivity contribution in [1.82, 2.24) is 0 Å². The maximum atomic E-state index is 11.2. The van der Waals surface area contributed by atoms with E-state index in [-0.39, 0.29) is 5.97 Å². The summed E-state index contributed by atoms with van der Waals surface area (Å²) in [4.78, 5) is 11.2. The number of hydrogen-bond donors (Lipinski definition) is 0. The molecule has 0 bridgehead atoms. The number of ether oxygens (including phenoxy) is 1. The second-order valence-electron chi connectivity index (χ2n) is 3.15. The Morgan fingerprint density at radius 3 is 2.53 bits per heavy atom. The highest BCUT2D eigenvalue weighted by atomic mass is 79.9. The average molecular weight is 360 g/mol. The highest BCUT2D eigenvalue weighted by molar-refractivity contribution is 9.28. The maximum Gasteiger partial charge on any atom is 0.330 e. The van der Waals surface area contributed by atoms with Gasteiger partial charge >= 0.3 is 5.97 Å². The summed E-state index contributed by atoms with van der Waals surface area (Å²) in [5, 5.41) is 0. The summed E-state index contributed by atoms with van der Waals surface area (Å²) in [6.07, 6.45) is 5.09. The molecule has 0 saturated heterocycles. The summed E-state index contributed by atoms with van der Waals surface area (Å²) >= 11 is 6.62. The van der Waals surface area contributed by atoms with E-state index in [1.807, 2.05) is 30.3 Å². The molecule has 1 rings (SSSR count). The van der Waals surface area contributed by atoms with Gasteiger partial charge in [-0.2, -0.15) is 0 Å². The van der Waals surface area contributed by atoms with Gasteiger partial charge in [0.15, 0.2) is 0 Å². The Balaban J connectivity index is 2.91. The van der Waals surface area contributed by atoms with Gasteiger partial charge in [0.2, 0.25) is 0 Å². The van der Waals surface area contributed by atoms with Crippen LogP contribution >= 0.6 is 31.9 Å². The number of benzene rings is 1. The summed E-state index contributed by atoms with van der Waals surface area (Å²) < 4.78 is 5.67. The predicted octanol–water partition coefficient (Wildman–Crippen LogP) is 4.35. The van der Waals surface area contributed by atoms with Crippen LogP contribution in [0.5, 0.6) is 0 Å². The van der Waals surface area contributed by atoms with Gasteiger partial charge in [-0.25, -0.2) is 4.79 Å². The molecule has 0 aromatic heterocycles. The fourth-order valence-corrected chi connectivity index (χ4v) is 1.75. The van der Waals surface area contributed by atoms with E-state index < -0.39 is 0 Å². The van der Waals surface area contributed by atoms with Gasteiger partial charge in [0.25, 0.3) is 0 Å². The molecule has 0 atom stereocenters. The van der Waals surface area contributed by atoms with Crippen LogP contribution in [0.3, 0.4) is 0 Å². The zero-order chi connectivity index (χ0) is 12.7.